The summed E-state index contributed by atoms with van der Waals surface area (Å²) in [6, 6.07) is 3.09. The van der Waals surface area contributed by atoms with Gasteiger partial charge in [0.15, 0.2) is 0 Å². The van der Waals surface area contributed by atoms with Crippen LogP contribution in [0.2, 0.25) is 0 Å². The summed E-state index contributed by atoms with van der Waals surface area (Å²) in [6.45, 7) is 4.63. The summed E-state index contributed by atoms with van der Waals surface area (Å²) in [4.78, 5) is 14.5. The molecule has 24 heavy (non-hydrogen) atoms. The van der Waals surface area contributed by atoms with Crippen LogP contribution in [-0.4, -0.2) is 43.0 Å². The van der Waals surface area contributed by atoms with Gasteiger partial charge in [0.05, 0.1) is 10.5 Å². The van der Waals surface area contributed by atoms with Gasteiger partial charge in [-0.2, -0.15) is 0 Å². The number of aliphatic hydroxyl groups is 1. The zero-order chi connectivity index (χ0) is 17.7. The Kier molecular flexibility index (Phi) is 4.22. The zero-order valence-corrected chi connectivity index (χ0v) is 14.9. The molecule has 0 bridgehead atoms. The van der Waals surface area contributed by atoms with Crippen LogP contribution in [0.5, 0.6) is 0 Å². The molecule has 132 valence electrons. The second kappa shape index (κ2) is 5.82. The lowest BCUT2D eigenvalue weighted by Crippen LogP contribution is -2.42. The Morgan fingerprint density at radius 2 is 1.83 bits per heavy atom. The fourth-order valence-corrected chi connectivity index (χ4v) is 4.46. The van der Waals surface area contributed by atoms with E-state index in [0.717, 1.165) is 31.2 Å². The second-order valence-corrected chi connectivity index (χ2v) is 8.66. The Labute approximate surface area is 142 Å². The normalized spacial score (nSPS) is 20.9. The molecule has 2 fully saturated rings. The highest BCUT2D eigenvalue weighted by Crippen LogP contribution is 2.46. The van der Waals surface area contributed by atoms with E-state index in [4.69, 9.17) is 5.14 Å². The Morgan fingerprint density at radius 1 is 1.25 bits per heavy atom. The minimum Gasteiger partial charge on any atom is -0.390 e. The van der Waals surface area contributed by atoms with Crippen LogP contribution in [0.4, 0.5) is 0 Å². The third-order valence-corrected chi connectivity index (χ3v) is 6.51. The van der Waals surface area contributed by atoms with E-state index in [2.05, 4.69) is 0 Å². The topological polar surface area (TPSA) is 101 Å². The van der Waals surface area contributed by atoms with Crippen molar-refractivity contribution in [2.75, 3.05) is 13.1 Å². The van der Waals surface area contributed by atoms with Gasteiger partial charge in [-0.1, -0.05) is 0 Å². The van der Waals surface area contributed by atoms with Crippen molar-refractivity contribution in [1.29, 1.82) is 0 Å². The first-order valence-corrected chi connectivity index (χ1v) is 9.82. The molecule has 0 radical (unpaired) electrons. The Balaban J connectivity index is 1.80. The van der Waals surface area contributed by atoms with Crippen molar-refractivity contribution in [3.05, 3.63) is 28.8 Å². The number of sulfonamides is 1. The summed E-state index contributed by atoms with van der Waals surface area (Å²) in [5.74, 6) is 0.0884. The van der Waals surface area contributed by atoms with Crippen molar-refractivity contribution in [1.82, 2.24) is 4.90 Å². The van der Waals surface area contributed by atoms with Gasteiger partial charge < -0.3 is 10.0 Å². The summed E-state index contributed by atoms with van der Waals surface area (Å²) in [6.07, 6.45) is 3.30. The number of carbonyl (C=O) groups is 1. The smallest absolute Gasteiger partial charge is 0.253 e. The lowest BCUT2D eigenvalue weighted by Gasteiger charge is -2.34. The van der Waals surface area contributed by atoms with Crippen LogP contribution in [0.3, 0.4) is 0 Å². The van der Waals surface area contributed by atoms with Crippen LogP contribution in [0.1, 0.15) is 47.2 Å². The monoisotopic (exact) mass is 352 g/mol. The molecule has 0 unspecified atom stereocenters. The Morgan fingerprint density at radius 3 is 2.33 bits per heavy atom. The maximum absolute atomic E-state index is 12.7. The molecule has 1 aromatic carbocycles. The molecule has 3 rings (SSSR count). The van der Waals surface area contributed by atoms with Gasteiger partial charge in [0.25, 0.3) is 5.91 Å². The van der Waals surface area contributed by atoms with Crippen LogP contribution in [0.15, 0.2) is 17.0 Å². The molecule has 3 N–H and O–H groups in total. The Hall–Kier alpha value is -1.44. The maximum Gasteiger partial charge on any atom is 0.253 e. The fourth-order valence-electron chi connectivity index (χ4n) is 3.58. The van der Waals surface area contributed by atoms with Crippen LogP contribution in [0.25, 0.3) is 0 Å². The van der Waals surface area contributed by atoms with Crippen molar-refractivity contribution in [2.45, 2.75) is 50.0 Å². The summed E-state index contributed by atoms with van der Waals surface area (Å²) in [5.41, 5.74) is 1.15. The minimum atomic E-state index is -3.87. The molecule has 7 heteroatoms. The highest BCUT2D eigenvalue weighted by Gasteiger charge is 2.48. The standard InChI is InChI=1S/C17H24N2O4S/c1-11-9-13(10-15(12(11)2)24(18,22)23)16(20)19-7-3-14(4-8-19)17(21)5-6-17/h9-10,14,21H,3-8H2,1-2H3,(H2,18,22,23). The fraction of sp³-hybridized carbons (Fsp3) is 0.588. The van der Waals surface area contributed by atoms with Gasteiger partial charge in [0.2, 0.25) is 10.0 Å². The number of nitrogens with two attached hydrogens (primary N) is 1. The number of likely N-dealkylation sites (tertiary alicyclic amines) is 1. The number of hydrogen-bond donors (Lipinski definition) is 2. The van der Waals surface area contributed by atoms with Crippen molar-refractivity contribution in [2.24, 2.45) is 11.1 Å². The summed E-state index contributed by atoms with van der Waals surface area (Å²) < 4.78 is 23.5. The third kappa shape index (κ3) is 3.20. The minimum absolute atomic E-state index is 0.00743. The first kappa shape index (κ1) is 17.4. The van der Waals surface area contributed by atoms with E-state index < -0.39 is 15.6 Å². The predicted octanol–water partition coefficient (Wildman–Crippen LogP) is 1.33. The highest BCUT2D eigenvalue weighted by atomic mass is 32.2. The molecule has 2 aliphatic rings. The summed E-state index contributed by atoms with van der Waals surface area (Å²) >= 11 is 0. The van der Waals surface area contributed by atoms with E-state index in [1.807, 2.05) is 0 Å². The molecule has 1 amide bonds. The SMILES string of the molecule is Cc1cc(C(=O)N2CCC(C3(O)CC3)CC2)cc(S(N)(=O)=O)c1C. The number of carbonyl (C=O) groups excluding carboxylic acids is 1. The van der Waals surface area contributed by atoms with Crippen molar-refractivity contribution < 1.29 is 18.3 Å². The maximum atomic E-state index is 12.7. The number of benzene rings is 1. The summed E-state index contributed by atoms with van der Waals surface area (Å²) in [5, 5.41) is 15.5. The van der Waals surface area contributed by atoms with Crippen LogP contribution in [-0.2, 0) is 10.0 Å². The number of aryl methyl sites for hydroxylation is 1. The first-order valence-electron chi connectivity index (χ1n) is 8.27. The van der Waals surface area contributed by atoms with Crippen molar-refractivity contribution >= 4 is 15.9 Å². The molecule has 1 heterocycles. The van der Waals surface area contributed by atoms with E-state index in [1.165, 1.54) is 6.07 Å². The van der Waals surface area contributed by atoms with E-state index in [0.29, 0.717) is 24.2 Å². The molecule has 1 saturated heterocycles. The largest absolute Gasteiger partial charge is 0.390 e. The van der Waals surface area contributed by atoms with Crippen molar-refractivity contribution in [3.63, 3.8) is 0 Å². The molecule has 1 aromatic rings. The molecule has 0 spiro atoms. The number of nitrogens with zero attached hydrogens (tertiary/aromatic N) is 1. The van der Waals surface area contributed by atoms with E-state index in [1.54, 1.807) is 24.8 Å². The number of primary sulfonamides is 1. The average molecular weight is 352 g/mol. The second-order valence-electron chi connectivity index (χ2n) is 7.13. The molecule has 0 aromatic heterocycles. The molecule has 1 aliphatic carbocycles. The van der Waals surface area contributed by atoms with Gasteiger partial charge >= 0.3 is 0 Å². The quantitative estimate of drug-likeness (QED) is 0.857. The van der Waals surface area contributed by atoms with E-state index in [9.17, 15) is 18.3 Å². The van der Waals surface area contributed by atoms with Gasteiger partial charge in [-0.15, -0.1) is 0 Å². The molecule has 6 nitrogen and oxygen atoms in total. The molecule has 1 aliphatic heterocycles. The van der Waals surface area contributed by atoms with Gasteiger partial charge in [0.1, 0.15) is 0 Å². The van der Waals surface area contributed by atoms with Gasteiger partial charge in [-0.05, 0) is 68.7 Å². The first-order chi connectivity index (χ1) is 11.1. The highest BCUT2D eigenvalue weighted by molar-refractivity contribution is 7.89. The lowest BCUT2D eigenvalue weighted by molar-refractivity contribution is 0.0340. The van der Waals surface area contributed by atoms with Crippen LogP contribution in [0, 0.1) is 19.8 Å². The van der Waals surface area contributed by atoms with Crippen LogP contribution < -0.4 is 5.14 Å². The van der Waals surface area contributed by atoms with E-state index in [-0.39, 0.29) is 16.7 Å². The zero-order valence-electron chi connectivity index (χ0n) is 14.1. The van der Waals surface area contributed by atoms with Crippen molar-refractivity contribution in [3.8, 4) is 0 Å². The molecular formula is C17H24N2O4S. The molecule has 1 saturated carbocycles. The van der Waals surface area contributed by atoms with Gasteiger partial charge in [-0.25, -0.2) is 13.6 Å². The van der Waals surface area contributed by atoms with Crippen LogP contribution >= 0.6 is 0 Å². The average Bonchev–Trinajstić information content (AvgIpc) is 3.27. The number of amides is 1. The lowest BCUT2D eigenvalue weighted by atomic mass is 9.89. The van der Waals surface area contributed by atoms with E-state index >= 15 is 0 Å². The van der Waals surface area contributed by atoms with Gasteiger partial charge in [0, 0.05) is 18.7 Å². The Bertz CT molecular complexity index is 776. The number of hydrogen-bond acceptors (Lipinski definition) is 4. The summed E-state index contributed by atoms with van der Waals surface area (Å²) in [7, 11) is -3.87. The molecular weight excluding hydrogens is 328 g/mol. The predicted molar refractivity (Wildman–Crippen MR) is 90.1 cm³/mol. The third-order valence-electron chi connectivity index (χ3n) is 5.48. The molecule has 0 atom stereocenters. The number of rotatable bonds is 3. The van der Waals surface area contributed by atoms with Gasteiger partial charge in [-0.3, -0.25) is 4.79 Å². The number of piperidine rings is 1.